The van der Waals surface area contributed by atoms with E-state index in [2.05, 4.69) is 0 Å². The van der Waals surface area contributed by atoms with Crippen LogP contribution in [0.3, 0.4) is 0 Å². The van der Waals surface area contributed by atoms with E-state index in [-0.39, 0.29) is 11.5 Å². The highest BCUT2D eigenvalue weighted by molar-refractivity contribution is 5.86. The minimum absolute atomic E-state index is 0.0649. The number of phenols is 2. The van der Waals surface area contributed by atoms with Crippen LogP contribution in [0.15, 0.2) is 60.7 Å². The Labute approximate surface area is 128 Å². The molecule has 0 radical (unpaired) electrons. The van der Waals surface area contributed by atoms with Crippen LogP contribution in [0, 0.1) is 0 Å². The van der Waals surface area contributed by atoms with Gasteiger partial charge >= 0.3 is 0 Å². The molecule has 0 atom stereocenters. The SMILES string of the molecule is Nc1cc(-c2ccccc2-c2ccc(O)c(N)c2)ccc1O. The number of nitrogens with two attached hydrogens (primary N) is 2. The molecule has 0 saturated heterocycles. The maximum Gasteiger partial charge on any atom is 0.138 e. The molecule has 4 heteroatoms. The first kappa shape index (κ1) is 13.8. The first-order chi connectivity index (χ1) is 10.6. The minimum atomic E-state index is 0.0649. The van der Waals surface area contributed by atoms with Crippen molar-refractivity contribution in [2.45, 2.75) is 0 Å². The smallest absolute Gasteiger partial charge is 0.138 e. The van der Waals surface area contributed by atoms with E-state index in [0.717, 1.165) is 22.3 Å². The van der Waals surface area contributed by atoms with E-state index < -0.39 is 0 Å². The van der Waals surface area contributed by atoms with Gasteiger partial charge in [0.2, 0.25) is 0 Å². The number of nitrogen functional groups attached to an aromatic ring is 2. The number of anilines is 2. The normalized spacial score (nSPS) is 10.5. The van der Waals surface area contributed by atoms with E-state index in [1.807, 2.05) is 36.4 Å². The fourth-order valence-corrected chi connectivity index (χ4v) is 2.43. The molecule has 4 nitrogen and oxygen atoms in total. The standard InChI is InChI=1S/C18H16N2O2/c19-15-9-11(5-7-17(15)21)13-3-1-2-4-14(13)12-6-8-18(22)16(20)10-12/h1-10,21-22H,19-20H2. The van der Waals surface area contributed by atoms with Crippen LogP contribution in [0.4, 0.5) is 11.4 Å². The Morgan fingerprint density at radius 2 is 1.00 bits per heavy atom. The Balaban J connectivity index is 2.17. The van der Waals surface area contributed by atoms with Crippen LogP contribution in [0.2, 0.25) is 0 Å². The highest BCUT2D eigenvalue weighted by atomic mass is 16.3. The van der Waals surface area contributed by atoms with Crippen LogP contribution in [0.1, 0.15) is 0 Å². The third-order valence-electron chi connectivity index (χ3n) is 3.60. The number of hydrogen-bond donors (Lipinski definition) is 4. The zero-order chi connectivity index (χ0) is 15.7. The molecule has 0 unspecified atom stereocenters. The van der Waals surface area contributed by atoms with Gasteiger partial charge in [-0.1, -0.05) is 36.4 Å². The van der Waals surface area contributed by atoms with Crippen molar-refractivity contribution < 1.29 is 10.2 Å². The fourth-order valence-electron chi connectivity index (χ4n) is 2.43. The van der Waals surface area contributed by atoms with Gasteiger partial charge in [0.1, 0.15) is 11.5 Å². The minimum Gasteiger partial charge on any atom is -0.506 e. The van der Waals surface area contributed by atoms with Gasteiger partial charge in [-0.15, -0.1) is 0 Å². The van der Waals surface area contributed by atoms with Crippen LogP contribution in [0.5, 0.6) is 11.5 Å². The molecule has 6 N–H and O–H groups in total. The molecular formula is C18H16N2O2. The Kier molecular flexibility index (Phi) is 3.35. The first-order valence-electron chi connectivity index (χ1n) is 6.83. The number of aromatic hydroxyl groups is 2. The summed E-state index contributed by atoms with van der Waals surface area (Å²) in [7, 11) is 0. The van der Waals surface area contributed by atoms with Gasteiger partial charge < -0.3 is 21.7 Å². The molecule has 0 spiro atoms. The molecule has 110 valence electrons. The molecule has 0 aliphatic rings. The summed E-state index contributed by atoms with van der Waals surface area (Å²) in [6.45, 7) is 0. The number of hydrogen-bond acceptors (Lipinski definition) is 4. The Morgan fingerprint density at radius 3 is 1.36 bits per heavy atom. The van der Waals surface area contributed by atoms with Gasteiger partial charge in [0.05, 0.1) is 11.4 Å². The average Bonchev–Trinajstić information content (AvgIpc) is 2.53. The molecule has 3 aromatic rings. The van der Waals surface area contributed by atoms with Crippen molar-refractivity contribution in [1.29, 1.82) is 0 Å². The van der Waals surface area contributed by atoms with Crippen molar-refractivity contribution in [1.82, 2.24) is 0 Å². The molecule has 0 fully saturated rings. The largest absolute Gasteiger partial charge is 0.506 e. The number of phenolic OH excluding ortho intramolecular Hbond substituents is 2. The van der Waals surface area contributed by atoms with Crippen LogP contribution in [-0.2, 0) is 0 Å². The fraction of sp³-hybridized carbons (Fsp3) is 0. The molecule has 3 rings (SSSR count). The van der Waals surface area contributed by atoms with Crippen molar-refractivity contribution in [3.8, 4) is 33.8 Å². The second-order valence-corrected chi connectivity index (χ2v) is 5.09. The van der Waals surface area contributed by atoms with Gasteiger partial charge in [-0.05, 0) is 46.5 Å². The monoisotopic (exact) mass is 292 g/mol. The maximum absolute atomic E-state index is 9.57. The summed E-state index contributed by atoms with van der Waals surface area (Å²) >= 11 is 0. The lowest BCUT2D eigenvalue weighted by Crippen LogP contribution is -1.90. The molecule has 0 heterocycles. The molecule has 0 saturated carbocycles. The second-order valence-electron chi connectivity index (χ2n) is 5.09. The quantitative estimate of drug-likeness (QED) is 0.429. The van der Waals surface area contributed by atoms with Crippen molar-refractivity contribution in [2.24, 2.45) is 0 Å². The third kappa shape index (κ3) is 2.42. The summed E-state index contributed by atoms with van der Waals surface area (Å²) in [5.41, 5.74) is 16.0. The summed E-state index contributed by atoms with van der Waals surface area (Å²) in [4.78, 5) is 0. The highest BCUT2D eigenvalue weighted by Gasteiger charge is 2.09. The summed E-state index contributed by atoms with van der Waals surface area (Å²) in [5.74, 6) is 0.130. The van der Waals surface area contributed by atoms with Gasteiger partial charge in [-0.25, -0.2) is 0 Å². The van der Waals surface area contributed by atoms with Crippen LogP contribution < -0.4 is 11.5 Å². The van der Waals surface area contributed by atoms with Crippen molar-refractivity contribution in [3.63, 3.8) is 0 Å². The van der Waals surface area contributed by atoms with E-state index >= 15 is 0 Å². The average molecular weight is 292 g/mol. The van der Waals surface area contributed by atoms with E-state index in [1.165, 1.54) is 0 Å². The summed E-state index contributed by atoms with van der Waals surface area (Å²) < 4.78 is 0. The van der Waals surface area contributed by atoms with Gasteiger partial charge in [0.25, 0.3) is 0 Å². The van der Waals surface area contributed by atoms with Crippen molar-refractivity contribution in [2.75, 3.05) is 11.5 Å². The summed E-state index contributed by atoms with van der Waals surface area (Å²) in [5, 5.41) is 19.1. The predicted octanol–water partition coefficient (Wildman–Crippen LogP) is 3.60. The van der Waals surface area contributed by atoms with Crippen LogP contribution in [-0.4, -0.2) is 10.2 Å². The molecular weight excluding hydrogens is 276 g/mol. The maximum atomic E-state index is 9.57. The number of rotatable bonds is 2. The second kappa shape index (κ2) is 5.33. The van der Waals surface area contributed by atoms with Crippen LogP contribution >= 0.6 is 0 Å². The predicted molar refractivity (Wildman–Crippen MR) is 89.5 cm³/mol. The van der Waals surface area contributed by atoms with Crippen molar-refractivity contribution >= 4 is 11.4 Å². The van der Waals surface area contributed by atoms with Gasteiger partial charge in [-0.2, -0.15) is 0 Å². The Bertz CT molecular complexity index is 774. The molecule has 0 aliphatic heterocycles. The molecule has 0 bridgehead atoms. The first-order valence-corrected chi connectivity index (χ1v) is 6.83. The van der Waals surface area contributed by atoms with E-state index in [9.17, 15) is 10.2 Å². The lowest BCUT2D eigenvalue weighted by atomic mass is 9.94. The van der Waals surface area contributed by atoms with Gasteiger partial charge in [-0.3, -0.25) is 0 Å². The lowest BCUT2D eigenvalue weighted by molar-refractivity contribution is 0.477. The van der Waals surface area contributed by atoms with Crippen molar-refractivity contribution in [3.05, 3.63) is 60.7 Å². The van der Waals surface area contributed by atoms with E-state index in [0.29, 0.717) is 11.4 Å². The zero-order valence-corrected chi connectivity index (χ0v) is 11.8. The Hall–Kier alpha value is -3.14. The molecule has 3 aromatic carbocycles. The van der Waals surface area contributed by atoms with E-state index in [4.69, 9.17) is 11.5 Å². The highest BCUT2D eigenvalue weighted by Crippen LogP contribution is 2.36. The van der Waals surface area contributed by atoms with Gasteiger partial charge in [0.15, 0.2) is 0 Å². The number of benzene rings is 3. The van der Waals surface area contributed by atoms with Crippen LogP contribution in [0.25, 0.3) is 22.3 Å². The topological polar surface area (TPSA) is 92.5 Å². The lowest BCUT2D eigenvalue weighted by Gasteiger charge is -2.12. The van der Waals surface area contributed by atoms with E-state index in [1.54, 1.807) is 24.3 Å². The summed E-state index contributed by atoms with van der Waals surface area (Å²) in [6, 6.07) is 18.1. The van der Waals surface area contributed by atoms with Gasteiger partial charge in [0, 0.05) is 0 Å². The Morgan fingerprint density at radius 1 is 0.591 bits per heavy atom. The zero-order valence-electron chi connectivity index (χ0n) is 11.8. The molecule has 0 aromatic heterocycles. The summed E-state index contributed by atoms with van der Waals surface area (Å²) in [6.07, 6.45) is 0. The third-order valence-corrected chi connectivity index (χ3v) is 3.60. The molecule has 0 amide bonds. The molecule has 22 heavy (non-hydrogen) atoms. The molecule has 0 aliphatic carbocycles.